The van der Waals surface area contributed by atoms with Crippen molar-refractivity contribution in [3.8, 4) is 0 Å². The van der Waals surface area contributed by atoms with Gasteiger partial charge in [0.05, 0.1) is 10.8 Å². The molecule has 3 N–H and O–H groups in total. The molecule has 1 aromatic heterocycles. The zero-order valence-electron chi connectivity index (χ0n) is 9.40. The number of sulfonamides is 1. The first kappa shape index (κ1) is 14.7. The summed E-state index contributed by atoms with van der Waals surface area (Å²) in [6.45, 7) is 1.35. The minimum atomic E-state index is -4.45. The molecule has 0 radical (unpaired) electrons. The van der Waals surface area contributed by atoms with Gasteiger partial charge < -0.3 is 5.32 Å². The second-order valence-electron chi connectivity index (χ2n) is 3.71. The number of nitrogens with zero attached hydrogens (tertiary/aromatic N) is 1. The normalized spacial score (nSPS) is 14.3. The quantitative estimate of drug-likeness (QED) is 0.869. The molecular weight excluding hydrogens is 271 g/mol. The highest BCUT2D eigenvalue weighted by Crippen LogP contribution is 2.28. The van der Waals surface area contributed by atoms with Crippen LogP contribution in [0.4, 0.5) is 19.0 Å². The molecule has 0 bridgehead atoms. The smallest absolute Gasteiger partial charge is 0.369 e. The number of primary sulfonamides is 1. The first-order chi connectivity index (χ1) is 8.10. The highest BCUT2D eigenvalue weighted by atomic mass is 32.2. The fourth-order valence-electron chi connectivity index (χ4n) is 1.03. The highest BCUT2D eigenvalue weighted by molar-refractivity contribution is 7.89. The van der Waals surface area contributed by atoms with Crippen LogP contribution < -0.4 is 10.5 Å². The molecule has 1 heterocycles. The summed E-state index contributed by atoms with van der Waals surface area (Å²) in [6, 6.07) is 1.98. The van der Waals surface area contributed by atoms with Crippen molar-refractivity contribution in [1.29, 1.82) is 0 Å². The van der Waals surface area contributed by atoms with E-state index >= 15 is 0 Å². The molecule has 1 aromatic rings. The van der Waals surface area contributed by atoms with E-state index < -0.39 is 27.0 Å². The van der Waals surface area contributed by atoms with E-state index in [1.807, 2.05) is 0 Å². The molecule has 0 saturated carbocycles. The standard InChI is InChI=1S/C9H12F3N3O2S/c1-6(18(13,16)17)4-14-8-3-2-7(5-15-8)9(10,11)12/h2-3,5-6H,4H2,1H3,(H,14,15)(H2,13,16,17)/t6-/m1/s1. The molecule has 5 nitrogen and oxygen atoms in total. The number of rotatable bonds is 4. The van der Waals surface area contributed by atoms with Crippen LogP contribution in [0.1, 0.15) is 12.5 Å². The van der Waals surface area contributed by atoms with Crippen LogP contribution in [0.5, 0.6) is 0 Å². The number of nitrogens with one attached hydrogen (secondary N) is 1. The summed E-state index contributed by atoms with van der Waals surface area (Å²) in [7, 11) is -3.67. The summed E-state index contributed by atoms with van der Waals surface area (Å²) >= 11 is 0. The maximum Gasteiger partial charge on any atom is 0.417 e. The van der Waals surface area contributed by atoms with Crippen molar-refractivity contribution in [1.82, 2.24) is 4.98 Å². The topological polar surface area (TPSA) is 85.1 Å². The molecule has 0 aromatic carbocycles. The molecule has 1 atom stereocenters. The van der Waals surface area contributed by atoms with Crippen molar-refractivity contribution < 1.29 is 21.6 Å². The van der Waals surface area contributed by atoms with E-state index in [1.54, 1.807) is 0 Å². The van der Waals surface area contributed by atoms with Gasteiger partial charge >= 0.3 is 6.18 Å². The molecule has 0 saturated heterocycles. The molecule has 0 aliphatic heterocycles. The number of aromatic nitrogens is 1. The number of pyridine rings is 1. The molecule has 0 unspecified atom stereocenters. The Hall–Kier alpha value is -1.35. The number of hydrogen-bond donors (Lipinski definition) is 2. The summed E-state index contributed by atoms with van der Waals surface area (Å²) in [5.41, 5.74) is -0.868. The maximum atomic E-state index is 12.2. The van der Waals surface area contributed by atoms with E-state index in [4.69, 9.17) is 5.14 Å². The zero-order chi connectivity index (χ0) is 14.0. The number of alkyl halides is 3. The average molecular weight is 283 g/mol. The Bertz CT molecular complexity index is 499. The number of halogens is 3. The van der Waals surface area contributed by atoms with Gasteiger partial charge in [-0.15, -0.1) is 0 Å². The van der Waals surface area contributed by atoms with Gasteiger partial charge in [0.25, 0.3) is 0 Å². The molecular formula is C9H12F3N3O2S. The number of hydrogen-bond acceptors (Lipinski definition) is 4. The Morgan fingerprint density at radius 1 is 1.44 bits per heavy atom. The van der Waals surface area contributed by atoms with Gasteiger partial charge in [-0.3, -0.25) is 0 Å². The second-order valence-corrected chi connectivity index (χ2v) is 5.69. The lowest BCUT2D eigenvalue weighted by molar-refractivity contribution is -0.137. The van der Waals surface area contributed by atoms with E-state index in [0.717, 1.165) is 12.1 Å². The third-order valence-electron chi connectivity index (χ3n) is 2.22. The summed E-state index contributed by atoms with van der Waals surface area (Å²) in [5, 5.41) is 6.62. The average Bonchev–Trinajstić information content (AvgIpc) is 2.24. The lowest BCUT2D eigenvalue weighted by Crippen LogP contribution is -2.32. The van der Waals surface area contributed by atoms with Crippen molar-refractivity contribution >= 4 is 15.8 Å². The summed E-state index contributed by atoms with van der Waals surface area (Å²) in [4.78, 5) is 3.53. The fourth-order valence-corrected chi connectivity index (χ4v) is 1.35. The van der Waals surface area contributed by atoms with Crippen molar-refractivity contribution in [3.63, 3.8) is 0 Å². The van der Waals surface area contributed by atoms with Crippen LogP contribution in [0.2, 0.25) is 0 Å². The number of nitrogens with two attached hydrogens (primary N) is 1. The lowest BCUT2D eigenvalue weighted by Gasteiger charge is -2.11. The first-order valence-electron chi connectivity index (χ1n) is 4.89. The predicted octanol–water partition coefficient (Wildman–Crippen LogP) is 1.19. The van der Waals surface area contributed by atoms with Gasteiger partial charge in [-0.05, 0) is 19.1 Å². The Labute approximate surface area is 102 Å². The third-order valence-corrected chi connectivity index (χ3v) is 3.51. The summed E-state index contributed by atoms with van der Waals surface area (Å²) in [6.07, 6.45) is -3.77. The first-order valence-corrected chi connectivity index (χ1v) is 6.50. The number of anilines is 1. The van der Waals surface area contributed by atoms with Gasteiger partial charge in [0.1, 0.15) is 5.82 Å². The highest BCUT2D eigenvalue weighted by Gasteiger charge is 2.30. The van der Waals surface area contributed by atoms with E-state index in [1.165, 1.54) is 6.92 Å². The van der Waals surface area contributed by atoms with Crippen molar-refractivity contribution in [2.45, 2.75) is 18.3 Å². The van der Waals surface area contributed by atoms with E-state index in [9.17, 15) is 21.6 Å². The lowest BCUT2D eigenvalue weighted by atomic mass is 10.3. The Kier molecular flexibility index (Phi) is 4.17. The van der Waals surface area contributed by atoms with Crippen LogP contribution in [-0.2, 0) is 16.2 Å². The molecule has 0 aliphatic carbocycles. The van der Waals surface area contributed by atoms with Gasteiger partial charge in [0, 0.05) is 12.7 Å². The van der Waals surface area contributed by atoms with Gasteiger partial charge in [0.15, 0.2) is 0 Å². The largest absolute Gasteiger partial charge is 0.417 e. The minimum absolute atomic E-state index is 0.0306. The predicted molar refractivity (Wildman–Crippen MR) is 60.3 cm³/mol. The van der Waals surface area contributed by atoms with Crippen LogP contribution in [0.3, 0.4) is 0 Å². The molecule has 1 rings (SSSR count). The Morgan fingerprint density at radius 2 is 2.06 bits per heavy atom. The third kappa shape index (κ3) is 4.15. The van der Waals surface area contributed by atoms with Gasteiger partial charge in [0.2, 0.25) is 10.0 Å². The molecule has 9 heteroatoms. The van der Waals surface area contributed by atoms with E-state index in [-0.39, 0.29) is 12.4 Å². The summed E-state index contributed by atoms with van der Waals surface area (Å²) in [5.74, 6) is 0.151. The van der Waals surface area contributed by atoms with Gasteiger partial charge in [-0.2, -0.15) is 13.2 Å². The van der Waals surface area contributed by atoms with Gasteiger partial charge in [-0.25, -0.2) is 18.5 Å². The minimum Gasteiger partial charge on any atom is -0.369 e. The molecule has 18 heavy (non-hydrogen) atoms. The fraction of sp³-hybridized carbons (Fsp3) is 0.444. The van der Waals surface area contributed by atoms with Crippen molar-refractivity contribution in [2.24, 2.45) is 5.14 Å². The van der Waals surface area contributed by atoms with Crippen LogP contribution in [0.25, 0.3) is 0 Å². The maximum absolute atomic E-state index is 12.2. The molecule has 0 aliphatic rings. The van der Waals surface area contributed by atoms with Crippen LogP contribution in [-0.4, -0.2) is 25.2 Å². The van der Waals surface area contributed by atoms with Crippen molar-refractivity contribution in [2.75, 3.05) is 11.9 Å². The van der Waals surface area contributed by atoms with Crippen LogP contribution >= 0.6 is 0 Å². The Balaban J connectivity index is 2.66. The molecule has 0 amide bonds. The van der Waals surface area contributed by atoms with Crippen LogP contribution in [0.15, 0.2) is 18.3 Å². The monoisotopic (exact) mass is 283 g/mol. The molecule has 0 fully saturated rings. The SMILES string of the molecule is C[C@H](CNc1ccc(C(F)(F)F)cn1)S(N)(=O)=O. The van der Waals surface area contributed by atoms with Crippen molar-refractivity contribution in [3.05, 3.63) is 23.9 Å². The van der Waals surface area contributed by atoms with Crippen LogP contribution in [0, 0.1) is 0 Å². The van der Waals surface area contributed by atoms with E-state index in [0.29, 0.717) is 6.20 Å². The summed E-state index contributed by atoms with van der Waals surface area (Å²) < 4.78 is 58.5. The second kappa shape index (κ2) is 5.11. The molecule has 0 spiro atoms. The van der Waals surface area contributed by atoms with Gasteiger partial charge in [-0.1, -0.05) is 0 Å². The van der Waals surface area contributed by atoms with E-state index in [2.05, 4.69) is 10.3 Å². The Morgan fingerprint density at radius 3 is 2.44 bits per heavy atom. The molecule has 102 valence electrons. The zero-order valence-corrected chi connectivity index (χ0v) is 10.2.